The fourth-order valence-electron chi connectivity index (χ4n) is 2.49. The van der Waals surface area contributed by atoms with Crippen LogP contribution in [0.1, 0.15) is 44.1 Å². The standard InChI is InChI=1S/C19H30N6.HI/c1-6-20-19(21-10-9-14(2)3)23-13-17-7-8-18(22-12-17)25-16(5)11-15(4)24-25;/h7-8,11-12,14H,6,9-10,13H2,1-5H3,(H2,20,21,23);1H. The number of nitrogens with one attached hydrogen (secondary N) is 2. The van der Waals surface area contributed by atoms with Crippen molar-refractivity contribution in [1.82, 2.24) is 25.4 Å². The topological polar surface area (TPSA) is 67.1 Å². The highest BCUT2D eigenvalue weighted by Gasteiger charge is 2.05. The minimum absolute atomic E-state index is 0. The summed E-state index contributed by atoms with van der Waals surface area (Å²) in [7, 11) is 0. The molecule has 6 nitrogen and oxygen atoms in total. The highest BCUT2D eigenvalue weighted by Crippen LogP contribution is 2.10. The molecule has 0 spiro atoms. The Morgan fingerprint density at radius 1 is 1.23 bits per heavy atom. The van der Waals surface area contributed by atoms with Crippen molar-refractivity contribution in [2.45, 2.75) is 47.6 Å². The molecule has 0 saturated heterocycles. The number of halogens is 1. The van der Waals surface area contributed by atoms with Crippen LogP contribution in [0.5, 0.6) is 0 Å². The number of hydrogen-bond donors (Lipinski definition) is 2. The summed E-state index contributed by atoms with van der Waals surface area (Å²) >= 11 is 0. The van der Waals surface area contributed by atoms with Gasteiger partial charge in [0.1, 0.15) is 0 Å². The quantitative estimate of drug-likeness (QED) is 0.369. The summed E-state index contributed by atoms with van der Waals surface area (Å²) in [4.78, 5) is 9.16. The number of aryl methyl sites for hydroxylation is 2. The van der Waals surface area contributed by atoms with Gasteiger partial charge in [0.15, 0.2) is 11.8 Å². The van der Waals surface area contributed by atoms with Crippen LogP contribution in [-0.2, 0) is 6.54 Å². The maximum atomic E-state index is 4.64. The summed E-state index contributed by atoms with van der Waals surface area (Å²) in [5.74, 6) is 2.37. The third-order valence-corrected chi connectivity index (χ3v) is 3.81. The molecule has 0 fully saturated rings. The van der Waals surface area contributed by atoms with Gasteiger partial charge in [-0.05, 0) is 50.8 Å². The highest BCUT2D eigenvalue weighted by atomic mass is 127. The second-order valence-electron chi connectivity index (χ2n) is 6.67. The first-order chi connectivity index (χ1) is 12.0. The minimum atomic E-state index is 0. The molecule has 2 aromatic rings. The molecule has 0 aromatic carbocycles. The fraction of sp³-hybridized carbons (Fsp3) is 0.526. The lowest BCUT2D eigenvalue weighted by Gasteiger charge is -2.12. The lowest BCUT2D eigenvalue weighted by Crippen LogP contribution is -2.38. The molecule has 7 heteroatoms. The number of pyridine rings is 1. The van der Waals surface area contributed by atoms with Gasteiger partial charge in [-0.15, -0.1) is 24.0 Å². The lowest BCUT2D eigenvalue weighted by molar-refractivity contribution is 0.573. The third kappa shape index (κ3) is 6.93. The van der Waals surface area contributed by atoms with Crippen LogP contribution in [-0.4, -0.2) is 33.8 Å². The molecule has 0 saturated carbocycles. The van der Waals surface area contributed by atoms with E-state index >= 15 is 0 Å². The molecule has 2 aromatic heterocycles. The average molecular weight is 470 g/mol. The molecule has 0 bridgehead atoms. The predicted molar refractivity (Wildman–Crippen MR) is 119 cm³/mol. The largest absolute Gasteiger partial charge is 0.357 e. The summed E-state index contributed by atoms with van der Waals surface area (Å²) in [5, 5.41) is 11.1. The number of hydrogen-bond acceptors (Lipinski definition) is 3. The number of nitrogens with zero attached hydrogens (tertiary/aromatic N) is 4. The Hall–Kier alpha value is -1.64. The van der Waals surface area contributed by atoms with Crippen LogP contribution in [0.3, 0.4) is 0 Å². The molecule has 0 radical (unpaired) electrons. The van der Waals surface area contributed by atoms with Gasteiger partial charge in [-0.3, -0.25) is 0 Å². The number of rotatable bonds is 7. The normalized spacial score (nSPS) is 11.4. The Bertz CT molecular complexity index is 691. The number of aliphatic imine (C=N–C) groups is 1. The first kappa shape index (κ1) is 22.4. The van der Waals surface area contributed by atoms with Crippen molar-refractivity contribution in [2.75, 3.05) is 13.1 Å². The van der Waals surface area contributed by atoms with E-state index in [2.05, 4.69) is 52.5 Å². The maximum absolute atomic E-state index is 4.64. The zero-order valence-electron chi connectivity index (χ0n) is 16.4. The molecule has 0 aliphatic carbocycles. The van der Waals surface area contributed by atoms with Crippen LogP contribution >= 0.6 is 24.0 Å². The van der Waals surface area contributed by atoms with Gasteiger partial charge in [0.2, 0.25) is 0 Å². The van der Waals surface area contributed by atoms with Gasteiger partial charge in [-0.1, -0.05) is 19.9 Å². The van der Waals surface area contributed by atoms with Gasteiger partial charge in [0.25, 0.3) is 0 Å². The van der Waals surface area contributed by atoms with Gasteiger partial charge < -0.3 is 10.6 Å². The second-order valence-corrected chi connectivity index (χ2v) is 6.67. The van der Waals surface area contributed by atoms with E-state index in [1.807, 2.05) is 36.9 Å². The zero-order chi connectivity index (χ0) is 18.2. The molecule has 26 heavy (non-hydrogen) atoms. The molecular formula is C19H31IN6. The van der Waals surface area contributed by atoms with E-state index in [4.69, 9.17) is 0 Å². The Kier molecular flexibility index (Phi) is 9.61. The summed E-state index contributed by atoms with van der Waals surface area (Å²) in [5.41, 5.74) is 3.15. The van der Waals surface area contributed by atoms with E-state index in [0.717, 1.165) is 48.2 Å². The van der Waals surface area contributed by atoms with E-state index in [9.17, 15) is 0 Å². The van der Waals surface area contributed by atoms with Gasteiger partial charge >= 0.3 is 0 Å². The van der Waals surface area contributed by atoms with Crippen LogP contribution in [0.15, 0.2) is 29.4 Å². The Balaban J connectivity index is 0.00000338. The molecule has 2 heterocycles. The van der Waals surface area contributed by atoms with E-state index in [0.29, 0.717) is 12.5 Å². The summed E-state index contributed by atoms with van der Waals surface area (Å²) in [6.07, 6.45) is 3.00. The molecule has 0 atom stereocenters. The van der Waals surface area contributed by atoms with Crippen LogP contribution < -0.4 is 10.6 Å². The van der Waals surface area contributed by atoms with E-state index < -0.39 is 0 Å². The van der Waals surface area contributed by atoms with Gasteiger partial charge in [-0.25, -0.2) is 14.7 Å². The molecule has 0 aliphatic heterocycles. The van der Waals surface area contributed by atoms with Crippen molar-refractivity contribution >= 4 is 29.9 Å². The smallest absolute Gasteiger partial charge is 0.191 e. The van der Waals surface area contributed by atoms with E-state index in [-0.39, 0.29) is 24.0 Å². The van der Waals surface area contributed by atoms with E-state index in [1.165, 1.54) is 0 Å². The number of guanidine groups is 1. The molecule has 2 rings (SSSR count). The maximum Gasteiger partial charge on any atom is 0.191 e. The van der Waals surface area contributed by atoms with Crippen molar-refractivity contribution in [2.24, 2.45) is 10.9 Å². The van der Waals surface area contributed by atoms with Gasteiger partial charge in [0, 0.05) is 25.0 Å². The Labute approximate surface area is 173 Å². The van der Waals surface area contributed by atoms with Crippen molar-refractivity contribution < 1.29 is 0 Å². The Morgan fingerprint density at radius 2 is 2.00 bits per heavy atom. The first-order valence-corrected chi connectivity index (χ1v) is 9.00. The predicted octanol–water partition coefficient (Wildman–Crippen LogP) is 3.60. The minimum Gasteiger partial charge on any atom is -0.357 e. The van der Waals surface area contributed by atoms with Crippen molar-refractivity contribution in [3.05, 3.63) is 41.3 Å². The summed E-state index contributed by atoms with van der Waals surface area (Å²) < 4.78 is 1.86. The third-order valence-electron chi connectivity index (χ3n) is 3.81. The zero-order valence-corrected chi connectivity index (χ0v) is 18.7. The monoisotopic (exact) mass is 470 g/mol. The van der Waals surface area contributed by atoms with Gasteiger partial charge in [0.05, 0.1) is 12.2 Å². The fourth-order valence-corrected chi connectivity index (χ4v) is 2.49. The first-order valence-electron chi connectivity index (χ1n) is 9.00. The molecule has 0 aliphatic rings. The average Bonchev–Trinajstić information content (AvgIpc) is 2.91. The summed E-state index contributed by atoms with van der Waals surface area (Å²) in [6, 6.07) is 6.09. The molecule has 0 amide bonds. The molecule has 2 N–H and O–H groups in total. The van der Waals surface area contributed by atoms with Crippen LogP contribution in [0, 0.1) is 19.8 Å². The summed E-state index contributed by atoms with van der Waals surface area (Å²) in [6.45, 7) is 12.9. The molecule has 0 unspecified atom stereocenters. The van der Waals surface area contributed by atoms with Crippen LogP contribution in [0.25, 0.3) is 5.82 Å². The second kappa shape index (κ2) is 11.2. The lowest BCUT2D eigenvalue weighted by atomic mass is 10.1. The van der Waals surface area contributed by atoms with Crippen molar-refractivity contribution in [1.29, 1.82) is 0 Å². The van der Waals surface area contributed by atoms with E-state index in [1.54, 1.807) is 0 Å². The Morgan fingerprint density at radius 3 is 2.54 bits per heavy atom. The highest BCUT2D eigenvalue weighted by molar-refractivity contribution is 14.0. The van der Waals surface area contributed by atoms with Crippen LogP contribution in [0.4, 0.5) is 0 Å². The van der Waals surface area contributed by atoms with Gasteiger partial charge in [-0.2, -0.15) is 5.10 Å². The van der Waals surface area contributed by atoms with Crippen LogP contribution in [0.2, 0.25) is 0 Å². The molecule has 144 valence electrons. The van der Waals surface area contributed by atoms with Crippen molar-refractivity contribution in [3.63, 3.8) is 0 Å². The van der Waals surface area contributed by atoms with Crippen molar-refractivity contribution in [3.8, 4) is 5.82 Å². The SMILES string of the molecule is CCNC(=NCc1ccc(-n2nc(C)cc2C)nc1)NCCC(C)C.I. The number of aromatic nitrogens is 3. The molecular weight excluding hydrogens is 439 g/mol.